The van der Waals surface area contributed by atoms with Crippen molar-refractivity contribution in [1.29, 1.82) is 5.26 Å². The minimum atomic E-state index is -4.64. The van der Waals surface area contributed by atoms with Gasteiger partial charge in [0.2, 0.25) is 0 Å². The van der Waals surface area contributed by atoms with Crippen molar-refractivity contribution in [3.8, 4) is 6.07 Å². The molecular weight excluding hydrogens is 495 g/mol. The number of pyridine rings is 1. The van der Waals surface area contributed by atoms with Gasteiger partial charge in [0.05, 0.1) is 11.1 Å². The molecular formula is C22H18ClF5N6O. The first kappa shape index (κ1) is 24.7. The summed E-state index contributed by atoms with van der Waals surface area (Å²) in [4.78, 5) is 16.3. The molecule has 7 nitrogen and oxygen atoms in total. The summed E-state index contributed by atoms with van der Waals surface area (Å²) in [5, 5.41) is 19.1. The van der Waals surface area contributed by atoms with Crippen molar-refractivity contribution in [3.63, 3.8) is 0 Å². The number of aromatic nitrogens is 3. The Morgan fingerprint density at radius 2 is 1.97 bits per heavy atom. The molecule has 1 saturated carbocycles. The molecule has 0 aliphatic heterocycles. The van der Waals surface area contributed by atoms with Crippen molar-refractivity contribution in [2.75, 3.05) is 5.32 Å². The fraction of sp³-hybridized carbons (Fsp3) is 0.364. The van der Waals surface area contributed by atoms with E-state index in [1.165, 1.54) is 18.2 Å². The Hall–Kier alpha value is -3.46. The third-order valence-electron chi connectivity index (χ3n) is 5.71. The number of anilines is 1. The van der Waals surface area contributed by atoms with E-state index in [1.807, 2.05) is 0 Å². The number of amides is 1. The largest absolute Gasteiger partial charge is 0.433 e. The maximum atomic E-state index is 13.4. The van der Waals surface area contributed by atoms with Crippen LogP contribution >= 0.6 is 11.6 Å². The zero-order valence-corrected chi connectivity index (χ0v) is 18.7. The predicted octanol–water partition coefficient (Wildman–Crippen LogP) is 5.52. The van der Waals surface area contributed by atoms with Gasteiger partial charge in [-0.1, -0.05) is 11.6 Å². The summed E-state index contributed by atoms with van der Waals surface area (Å²) in [5.41, 5.74) is -1.39. The quantitative estimate of drug-likeness (QED) is 0.439. The highest BCUT2D eigenvalue weighted by Crippen LogP contribution is 2.35. The lowest BCUT2D eigenvalue weighted by Crippen LogP contribution is -2.42. The Balaban J connectivity index is 1.53. The minimum Gasteiger partial charge on any atom is -0.382 e. The second kappa shape index (κ2) is 9.65. The van der Waals surface area contributed by atoms with E-state index in [1.54, 1.807) is 6.07 Å². The van der Waals surface area contributed by atoms with Crippen LogP contribution in [0.5, 0.6) is 0 Å². The van der Waals surface area contributed by atoms with Gasteiger partial charge in [0.15, 0.2) is 5.69 Å². The van der Waals surface area contributed by atoms with E-state index in [4.69, 9.17) is 16.9 Å². The van der Waals surface area contributed by atoms with Crippen molar-refractivity contribution in [2.45, 2.75) is 50.5 Å². The molecule has 2 atom stereocenters. The van der Waals surface area contributed by atoms with Gasteiger partial charge in [-0.2, -0.15) is 32.3 Å². The fourth-order valence-electron chi connectivity index (χ4n) is 4.14. The number of hydrogen-bond donors (Lipinski definition) is 2. The zero-order valence-electron chi connectivity index (χ0n) is 17.9. The molecule has 1 amide bonds. The molecule has 184 valence electrons. The summed E-state index contributed by atoms with van der Waals surface area (Å²) in [6.07, 6.45) is -1.62. The molecule has 1 aromatic carbocycles. The summed E-state index contributed by atoms with van der Waals surface area (Å²) >= 11 is 6.05. The number of hydrogen-bond acceptors (Lipinski definition) is 5. The van der Waals surface area contributed by atoms with Crippen LogP contribution in [-0.2, 0) is 6.18 Å². The first-order valence-corrected chi connectivity index (χ1v) is 10.9. The molecule has 0 bridgehead atoms. The van der Waals surface area contributed by atoms with E-state index in [9.17, 15) is 26.7 Å². The van der Waals surface area contributed by atoms with Gasteiger partial charge in [-0.05, 0) is 49.9 Å². The number of halogens is 6. The van der Waals surface area contributed by atoms with E-state index in [0.717, 1.165) is 12.3 Å². The van der Waals surface area contributed by atoms with Crippen LogP contribution in [0.15, 0.2) is 30.5 Å². The maximum Gasteiger partial charge on any atom is 0.433 e. The lowest BCUT2D eigenvalue weighted by molar-refractivity contribution is -0.140. The number of rotatable bonds is 5. The molecule has 2 N–H and O–H groups in total. The number of fused-ring (bicyclic) bond motifs is 1. The third kappa shape index (κ3) is 5.45. The molecule has 0 spiro atoms. The first-order chi connectivity index (χ1) is 16.5. The number of alkyl halides is 5. The van der Waals surface area contributed by atoms with Crippen LogP contribution in [0.2, 0.25) is 5.02 Å². The van der Waals surface area contributed by atoms with E-state index in [0.29, 0.717) is 36.1 Å². The molecule has 2 aromatic heterocycles. The van der Waals surface area contributed by atoms with E-state index < -0.39 is 36.1 Å². The average Bonchev–Trinajstić information content (AvgIpc) is 3.24. The van der Waals surface area contributed by atoms with Gasteiger partial charge in [0, 0.05) is 34.4 Å². The van der Waals surface area contributed by atoms with E-state index >= 15 is 0 Å². The lowest BCUT2D eigenvalue weighted by Gasteiger charge is -2.31. The number of nitriles is 1. The Morgan fingerprint density at radius 3 is 2.66 bits per heavy atom. The van der Waals surface area contributed by atoms with Crippen LogP contribution in [0.3, 0.4) is 0 Å². The van der Waals surface area contributed by atoms with Gasteiger partial charge in [-0.3, -0.25) is 4.79 Å². The normalized spacial score (nSPS) is 18.5. The van der Waals surface area contributed by atoms with Gasteiger partial charge in [0.1, 0.15) is 11.8 Å². The van der Waals surface area contributed by atoms with E-state index in [-0.39, 0.29) is 27.5 Å². The summed E-state index contributed by atoms with van der Waals surface area (Å²) in [5.74, 6) is -0.723. The third-order valence-corrected chi connectivity index (χ3v) is 5.95. The summed E-state index contributed by atoms with van der Waals surface area (Å²) in [7, 11) is 0. The average molecular weight is 513 g/mol. The number of nitrogens with zero attached hydrogens (tertiary/aromatic N) is 4. The van der Waals surface area contributed by atoms with Crippen molar-refractivity contribution in [2.24, 2.45) is 0 Å². The Bertz CT molecular complexity index is 1300. The first-order valence-electron chi connectivity index (χ1n) is 10.6. The SMILES string of the molecule is N#Cc1nn(C(F)F)cc1C(=O)N[C@@H]1CCCC(Nc2cc(C(F)(F)F)nc3ccc(Cl)cc23)C1. The molecule has 4 rings (SSSR count). The highest BCUT2D eigenvalue weighted by atomic mass is 35.5. The number of benzene rings is 1. The standard InChI is InChI=1S/C22H18ClF5N6O/c23-11-4-5-16-14(6-11)17(8-19(32-16)22(26,27)28)30-12-2-1-3-13(7-12)31-20(35)15-10-34(21(24)25)33-18(15)9-29/h4-6,8,10,12-13,21H,1-3,7H2,(H,30,32)(H,31,35)/t12?,13-/m1/s1. The molecule has 0 saturated heterocycles. The Morgan fingerprint density at radius 1 is 1.23 bits per heavy atom. The highest BCUT2D eigenvalue weighted by Gasteiger charge is 2.34. The second-order valence-electron chi connectivity index (χ2n) is 8.15. The summed E-state index contributed by atoms with van der Waals surface area (Å²) in [6, 6.07) is 6.26. The van der Waals surface area contributed by atoms with Gasteiger partial charge in [0.25, 0.3) is 5.91 Å². The molecule has 1 fully saturated rings. The van der Waals surface area contributed by atoms with Gasteiger partial charge in [-0.25, -0.2) is 9.67 Å². The maximum absolute atomic E-state index is 13.4. The van der Waals surface area contributed by atoms with Crippen molar-refractivity contribution >= 4 is 34.1 Å². The smallest absolute Gasteiger partial charge is 0.382 e. The number of nitrogens with one attached hydrogen (secondary N) is 2. The summed E-state index contributed by atoms with van der Waals surface area (Å²) in [6.45, 7) is -3.00. The predicted molar refractivity (Wildman–Crippen MR) is 117 cm³/mol. The van der Waals surface area contributed by atoms with Crippen molar-refractivity contribution in [3.05, 3.63) is 52.4 Å². The van der Waals surface area contributed by atoms with Crippen molar-refractivity contribution < 1.29 is 26.7 Å². The molecule has 0 radical (unpaired) electrons. The lowest BCUT2D eigenvalue weighted by atomic mass is 9.90. The van der Waals surface area contributed by atoms with Gasteiger partial charge in [-0.15, -0.1) is 0 Å². The molecule has 1 aliphatic rings. The van der Waals surface area contributed by atoms with Crippen LogP contribution in [0.4, 0.5) is 27.6 Å². The van der Waals surface area contributed by atoms with Crippen LogP contribution in [-0.4, -0.2) is 32.8 Å². The van der Waals surface area contributed by atoms with Crippen molar-refractivity contribution in [1.82, 2.24) is 20.1 Å². The summed E-state index contributed by atoms with van der Waals surface area (Å²) < 4.78 is 66.2. The van der Waals surface area contributed by atoms with Crippen LogP contribution in [0.1, 0.15) is 54.0 Å². The topological polar surface area (TPSA) is 95.6 Å². The zero-order chi connectivity index (χ0) is 25.3. The van der Waals surface area contributed by atoms with Crippen LogP contribution in [0.25, 0.3) is 10.9 Å². The molecule has 2 heterocycles. The highest BCUT2D eigenvalue weighted by molar-refractivity contribution is 6.31. The Kier molecular flexibility index (Phi) is 6.80. The Labute approximate surface area is 200 Å². The number of carbonyl (C=O) groups excluding carboxylic acids is 1. The van der Waals surface area contributed by atoms with Crippen LogP contribution in [0, 0.1) is 11.3 Å². The molecule has 3 aromatic rings. The molecule has 1 unspecified atom stereocenters. The fourth-order valence-corrected chi connectivity index (χ4v) is 4.31. The van der Waals surface area contributed by atoms with Crippen LogP contribution < -0.4 is 10.6 Å². The number of carbonyl (C=O) groups is 1. The van der Waals surface area contributed by atoms with Gasteiger partial charge >= 0.3 is 12.7 Å². The van der Waals surface area contributed by atoms with Gasteiger partial charge < -0.3 is 10.6 Å². The monoisotopic (exact) mass is 512 g/mol. The molecule has 1 aliphatic carbocycles. The van der Waals surface area contributed by atoms with E-state index in [2.05, 4.69) is 20.7 Å². The molecule has 13 heteroatoms. The second-order valence-corrected chi connectivity index (χ2v) is 8.59. The minimum absolute atomic E-state index is 0.132. The molecule has 35 heavy (non-hydrogen) atoms.